The molecule has 0 aliphatic rings. The summed E-state index contributed by atoms with van der Waals surface area (Å²) >= 11 is 0. The number of rotatable bonds is 13. The van der Waals surface area contributed by atoms with Gasteiger partial charge in [-0.15, -0.1) is 0 Å². The highest BCUT2D eigenvalue weighted by molar-refractivity contribution is 5.87. The zero-order valence-corrected chi connectivity index (χ0v) is 23.8. The molecule has 0 bridgehead atoms. The number of phenols is 1. The molecule has 3 rings (SSSR count). The Morgan fingerprint density at radius 3 is 2.18 bits per heavy atom. The molecule has 240 valence electrons. The van der Waals surface area contributed by atoms with Crippen LogP contribution in [0.15, 0.2) is 48.7 Å². The molecule has 1 heterocycles. The summed E-state index contributed by atoms with van der Waals surface area (Å²) in [5, 5.41) is 34.2. The number of hydrogen-bond acceptors (Lipinski definition) is 12. The van der Waals surface area contributed by atoms with E-state index in [-0.39, 0.29) is 40.9 Å². The smallest absolute Gasteiger partial charge is 0.471 e. The third-order valence-corrected chi connectivity index (χ3v) is 6.08. The van der Waals surface area contributed by atoms with Gasteiger partial charge in [-0.3, -0.25) is 30.0 Å². The molecule has 2 aromatic carbocycles. The fraction of sp³-hybridized carbons (Fsp3) is 0.296. The van der Waals surface area contributed by atoms with Gasteiger partial charge in [0.05, 0.1) is 35.5 Å². The number of esters is 1. The number of aromatic nitrogens is 1. The van der Waals surface area contributed by atoms with Crippen LogP contribution in [0.25, 0.3) is 0 Å². The van der Waals surface area contributed by atoms with E-state index in [4.69, 9.17) is 18.9 Å². The first-order chi connectivity index (χ1) is 21.2. The molecule has 1 atom stereocenters. The van der Waals surface area contributed by atoms with E-state index in [0.29, 0.717) is 18.5 Å². The maximum Gasteiger partial charge on any atom is 0.471 e. The molecule has 0 aliphatic carbocycles. The number of aromatic hydroxyl groups is 1. The van der Waals surface area contributed by atoms with Gasteiger partial charge >= 0.3 is 29.4 Å². The number of methoxy groups -OCH3 is 1. The van der Waals surface area contributed by atoms with Crippen molar-refractivity contribution in [1.82, 2.24) is 9.88 Å². The number of nitro benzene ring substituents is 2. The Morgan fingerprint density at radius 1 is 1.04 bits per heavy atom. The monoisotopic (exact) mass is 638 g/mol. The molecule has 0 unspecified atom stereocenters. The highest BCUT2D eigenvalue weighted by Crippen LogP contribution is 2.43. The minimum absolute atomic E-state index is 0.0412. The molecular formula is C27H25F3N4O11. The summed E-state index contributed by atoms with van der Waals surface area (Å²) in [7, 11) is 2.13. The van der Waals surface area contributed by atoms with E-state index < -0.39 is 57.5 Å². The molecular weight excluding hydrogens is 613 g/mol. The SMILES string of the molecule is CCOC(=O)[C@H](Cc1cc([N+](=O)[O-])c(Oc2ccc(O)c(OCc3ccc(OC)cn3)c2)c([N+](=O)[O-])c1)N(C)C(=O)C(F)(F)F. The lowest BCUT2D eigenvalue weighted by atomic mass is 10.0. The largest absolute Gasteiger partial charge is 0.504 e. The van der Waals surface area contributed by atoms with Gasteiger partial charge in [0, 0.05) is 31.7 Å². The topological polar surface area (TPSA) is 194 Å². The molecule has 0 saturated carbocycles. The number of benzene rings is 2. The molecule has 1 aromatic heterocycles. The summed E-state index contributed by atoms with van der Waals surface area (Å²) in [6.07, 6.45) is -4.75. The van der Waals surface area contributed by atoms with Gasteiger partial charge in [-0.05, 0) is 36.8 Å². The molecule has 3 aromatic rings. The van der Waals surface area contributed by atoms with Crippen LogP contribution in [-0.4, -0.2) is 69.7 Å². The molecule has 0 spiro atoms. The number of hydrogen-bond donors (Lipinski definition) is 1. The van der Waals surface area contributed by atoms with E-state index in [1.807, 2.05) is 0 Å². The van der Waals surface area contributed by atoms with Crippen molar-refractivity contribution in [3.05, 3.63) is 80.1 Å². The summed E-state index contributed by atoms with van der Waals surface area (Å²) in [6.45, 7) is 0.951. The number of nitro groups is 2. The van der Waals surface area contributed by atoms with Gasteiger partial charge in [-0.25, -0.2) is 4.79 Å². The third kappa shape index (κ3) is 8.46. The number of ether oxygens (including phenoxy) is 4. The number of pyridine rings is 1. The maximum absolute atomic E-state index is 13.1. The molecule has 0 radical (unpaired) electrons. The first-order valence-electron chi connectivity index (χ1n) is 12.7. The number of phenolic OH excluding ortho intramolecular Hbond substituents is 1. The lowest BCUT2D eigenvalue weighted by Gasteiger charge is -2.27. The van der Waals surface area contributed by atoms with Gasteiger partial charge < -0.3 is 29.0 Å². The zero-order chi connectivity index (χ0) is 33.5. The minimum atomic E-state index is -5.37. The van der Waals surface area contributed by atoms with E-state index in [2.05, 4.69) is 4.98 Å². The third-order valence-electron chi connectivity index (χ3n) is 6.08. The van der Waals surface area contributed by atoms with Gasteiger partial charge in [0.25, 0.3) is 5.75 Å². The number of carbonyl (C=O) groups is 2. The standard InChI is InChI=1S/C27H25F3N4O11/c1-4-43-25(36)21(32(2)26(37)27(28,29)30)11-15-9-19(33(38)39)24(20(10-15)34(40)41)45-17-7-8-22(35)23(12-17)44-14-16-5-6-18(42-3)13-31-16/h5-10,12-13,21,35H,4,11,14H2,1-3H3/t21-/m0/s1. The van der Waals surface area contributed by atoms with E-state index in [1.54, 1.807) is 12.1 Å². The molecule has 18 heteroatoms. The van der Waals surface area contributed by atoms with Crippen LogP contribution in [0, 0.1) is 20.2 Å². The van der Waals surface area contributed by atoms with Crippen LogP contribution in [0.1, 0.15) is 18.2 Å². The maximum atomic E-state index is 13.1. The number of amides is 1. The predicted molar refractivity (Wildman–Crippen MR) is 146 cm³/mol. The van der Waals surface area contributed by atoms with Crippen molar-refractivity contribution in [2.75, 3.05) is 20.8 Å². The number of carbonyl (C=O) groups excluding carboxylic acids is 2. The van der Waals surface area contributed by atoms with Crippen LogP contribution in [-0.2, 0) is 27.4 Å². The van der Waals surface area contributed by atoms with Gasteiger partial charge in [-0.2, -0.15) is 13.2 Å². The van der Waals surface area contributed by atoms with Gasteiger partial charge in [-0.1, -0.05) is 0 Å². The highest BCUT2D eigenvalue weighted by Gasteiger charge is 2.45. The molecule has 15 nitrogen and oxygen atoms in total. The number of halogens is 3. The van der Waals surface area contributed by atoms with Crippen LogP contribution >= 0.6 is 0 Å². The Labute approximate surface area is 252 Å². The summed E-state index contributed by atoms with van der Waals surface area (Å²) < 4.78 is 60.1. The van der Waals surface area contributed by atoms with Crippen molar-refractivity contribution in [2.45, 2.75) is 32.2 Å². The average Bonchev–Trinajstić information content (AvgIpc) is 2.99. The van der Waals surface area contributed by atoms with Crippen molar-refractivity contribution in [3.63, 3.8) is 0 Å². The highest BCUT2D eigenvalue weighted by atomic mass is 19.4. The summed E-state index contributed by atoms with van der Waals surface area (Å²) in [5.41, 5.74) is -1.87. The van der Waals surface area contributed by atoms with Gasteiger partial charge in [0.2, 0.25) is 0 Å². The summed E-state index contributed by atoms with van der Waals surface area (Å²) in [6, 6.07) is 6.14. The van der Waals surface area contributed by atoms with Crippen LogP contribution < -0.4 is 14.2 Å². The van der Waals surface area contributed by atoms with E-state index in [1.165, 1.54) is 20.2 Å². The minimum Gasteiger partial charge on any atom is -0.504 e. The molecule has 0 aliphatic heterocycles. The number of nitrogens with zero attached hydrogens (tertiary/aromatic N) is 4. The molecule has 1 N–H and O–H groups in total. The van der Waals surface area contributed by atoms with Crippen LogP contribution in [0.5, 0.6) is 28.7 Å². The Morgan fingerprint density at radius 2 is 1.67 bits per heavy atom. The second-order valence-corrected chi connectivity index (χ2v) is 9.07. The lowest BCUT2D eigenvalue weighted by Crippen LogP contribution is -2.49. The lowest BCUT2D eigenvalue weighted by molar-refractivity contribution is -0.395. The van der Waals surface area contributed by atoms with Crippen LogP contribution in [0.3, 0.4) is 0 Å². The van der Waals surface area contributed by atoms with E-state index >= 15 is 0 Å². The van der Waals surface area contributed by atoms with Crippen molar-refractivity contribution in [1.29, 1.82) is 0 Å². The Bertz CT molecular complexity index is 1550. The Kier molecular flexibility index (Phi) is 10.7. The Balaban J connectivity index is 1.98. The van der Waals surface area contributed by atoms with Gasteiger partial charge in [0.15, 0.2) is 11.5 Å². The van der Waals surface area contributed by atoms with E-state index in [0.717, 1.165) is 30.3 Å². The second-order valence-electron chi connectivity index (χ2n) is 9.07. The average molecular weight is 639 g/mol. The summed E-state index contributed by atoms with van der Waals surface area (Å²) in [4.78, 5) is 50.3. The number of alkyl halides is 3. The first kappa shape index (κ1) is 33.8. The first-order valence-corrected chi connectivity index (χ1v) is 12.7. The normalized spacial score (nSPS) is 11.7. The Hall–Kier alpha value is -5.68. The predicted octanol–water partition coefficient (Wildman–Crippen LogP) is 4.48. The molecule has 45 heavy (non-hydrogen) atoms. The van der Waals surface area contributed by atoms with Crippen LogP contribution in [0.2, 0.25) is 0 Å². The molecule has 0 saturated heterocycles. The summed E-state index contributed by atoms with van der Waals surface area (Å²) in [5.74, 6) is -4.81. The second kappa shape index (κ2) is 14.2. The van der Waals surface area contributed by atoms with Crippen molar-refractivity contribution < 1.29 is 56.7 Å². The van der Waals surface area contributed by atoms with Gasteiger partial charge in [0.1, 0.15) is 24.1 Å². The zero-order valence-electron chi connectivity index (χ0n) is 23.8. The quantitative estimate of drug-likeness (QED) is 0.157. The van der Waals surface area contributed by atoms with E-state index in [9.17, 15) is 48.1 Å². The number of likely N-dealkylation sites (N-methyl/N-ethyl adjacent to an activating group) is 1. The van der Waals surface area contributed by atoms with Crippen molar-refractivity contribution >= 4 is 23.3 Å². The fourth-order valence-corrected chi connectivity index (χ4v) is 3.89. The molecule has 1 amide bonds. The molecule has 0 fully saturated rings. The van der Waals surface area contributed by atoms with Crippen molar-refractivity contribution in [2.24, 2.45) is 0 Å². The van der Waals surface area contributed by atoms with Crippen molar-refractivity contribution in [3.8, 4) is 28.7 Å². The fourth-order valence-electron chi connectivity index (χ4n) is 3.89. The van der Waals surface area contributed by atoms with Crippen LogP contribution in [0.4, 0.5) is 24.5 Å².